The van der Waals surface area contributed by atoms with Crippen molar-refractivity contribution in [3.05, 3.63) is 17.8 Å². The lowest BCUT2D eigenvalue weighted by molar-refractivity contribution is -0.143. The molecule has 1 unspecified atom stereocenters. The van der Waals surface area contributed by atoms with E-state index in [1.807, 2.05) is 0 Å². The highest BCUT2D eigenvalue weighted by Crippen LogP contribution is 2.27. The number of methoxy groups -OCH3 is 1. The highest BCUT2D eigenvalue weighted by atomic mass is 19.4. The Labute approximate surface area is 108 Å². The van der Waals surface area contributed by atoms with Crippen molar-refractivity contribution in [1.82, 2.24) is 10.2 Å². The Bertz CT molecular complexity index is 432. The summed E-state index contributed by atoms with van der Waals surface area (Å²) in [7, 11) is 1.23. The van der Waals surface area contributed by atoms with E-state index in [-0.39, 0.29) is 11.7 Å². The molecule has 0 radical (unpaired) electrons. The van der Waals surface area contributed by atoms with Crippen LogP contribution in [0.15, 0.2) is 12.1 Å². The highest BCUT2D eigenvalue weighted by Gasteiger charge is 2.33. The summed E-state index contributed by atoms with van der Waals surface area (Å²) < 4.78 is 41.5. The van der Waals surface area contributed by atoms with Crippen LogP contribution in [0, 0.1) is 5.92 Å². The number of nitrogens with zero attached hydrogens (tertiary/aromatic N) is 2. The Morgan fingerprint density at radius 1 is 1.32 bits per heavy atom. The van der Waals surface area contributed by atoms with Crippen LogP contribution in [-0.4, -0.2) is 29.3 Å². The molecule has 19 heavy (non-hydrogen) atoms. The highest BCUT2D eigenvalue weighted by molar-refractivity contribution is 5.79. The van der Waals surface area contributed by atoms with E-state index in [4.69, 9.17) is 0 Å². The van der Waals surface area contributed by atoms with Gasteiger partial charge < -0.3 is 10.1 Å². The largest absolute Gasteiger partial charge is 0.467 e. The average Bonchev–Trinajstić information content (AvgIpc) is 2.34. The quantitative estimate of drug-likeness (QED) is 0.854. The van der Waals surface area contributed by atoms with Crippen molar-refractivity contribution < 1.29 is 22.7 Å². The van der Waals surface area contributed by atoms with E-state index in [0.29, 0.717) is 0 Å². The molecule has 0 aliphatic carbocycles. The van der Waals surface area contributed by atoms with E-state index in [1.165, 1.54) is 7.11 Å². The van der Waals surface area contributed by atoms with Crippen molar-refractivity contribution in [3.63, 3.8) is 0 Å². The zero-order chi connectivity index (χ0) is 14.6. The second-order valence-corrected chi connectivity index (χ2v) is 4.19. The van der Waals surface area contributed by atoms with Gasteiger partial charge >= 0.3 is 12.1 Å². The van der Waals surface area contributed by atoms with E-state index in [1.54, 1.807) is 13.8 Å². The van der Waals surface area contributed by atoms with E-state index < -0.39 is 23.9 Å². The first kappa shape index (κ1) is 15.2. The molecule has 5 nitrogen and oxygen atoms in total. The molecule has 0 saturated carbocycles. The van der Waals surface area contributed by atoms with E-state index in [0.717, 1.165) is 12.1 Å². The number of ether oxygens (including phenoxy) is 1. The SMILES string of the molecule is COC(=O)C(Nc1ccc(C(F)(F)F)nn1)C(C)C. The number of carbonyl (C=O) groups is 1. The van der Waals surface area contributed by atoms with Crippen LogP contribution in [0.25, 0.3) is 0 Å². The van der Waals surface area contributed by atoms with Gasteiger partial charge in [-0.2, -0.15) is 13.2 Å². The average molecular weight is 277 g/mol. The first-order valence-electron chi connectivity index (χ1n) is 5.51. The molecule has 0 amide bonds. The first-order valence-corrected chi connectivity index (χ1v) is 5.51. The van der Waals surface area contributed by atoms with Crippen molar-refractivity contribution in [2.24, 2.45) is 5.92 Å². The Morgan fingerprint density at radius 2 is 1.95 bits per heavy atom. The number of rotatable bonds is 4. The van der Waals surface area contributed by atoms with Gasteiger partial charge in [0.25, 0.3) is 0 Å². The van der Waals surface area contributed by atoms with E-state index in [2.05, 4.69) is 20.3 Å². The molecule has 0 fully saturated rings. The molecule has 106 valence electrons. The molecule has 8 heteroatoms. The normalized spacial score (nSPS) is 13.2. The summed E-state index contributed by atoms with van der Waals surface area (Å²) in [6.45, 7) is 3.54. The van der Waals surface area contributed by atoms with Crippen molar-refractivity contribution >= 4 is 11.8 Å². The molecule has 0 bridgehead atoms. The van der Waals surface area contributed by atoms with Gasteiger partial charge in [0.2, 0.25) is 0 Å². The maximum absolute atomic E-state index is 12.3. The molecular formula is C11H14F3N3O2. The minimum atomic E-state index is -4.54. The van der Waals surface area contributed by atoms with E-state index in [9.17, 15) is 18.0 Å². The second kappa shape index (κ2) is 5.85. The van der Waals surface area contributed by atoms with Gasteiger partial charge in [0.1, 0.15) is 11.9 Å². The lowest BCUT2D eigenvalue weighted by atomic mass is 10.0. The van der Waals surface area contributed by atoms with Gasteiger partial charge in [-0.3, -0.25) is 0 Å². The van der Waals surface area contributed by atoms with Crippen LogP contribution in [0.5, 0.6) is 0 Å². The summed E-state index contributed by atoms with van der Waals surface area (Å²) in [5.74, 6) is -0.551. The summed E-state index contributed by atoms with van der Waals surface area (Å²) in [5, 5.41) is 9.15. The number of halogens is 3. The third kappa shape index (κ3) is 4.08. The number of hydrogen-bond acceptors (Lipinski definition) is 5. The molecule has 1 aromatic rings. The standard InChI is InChI=1S/C11H14F3N3O2/c1-6(2)9(10(18)19-3)15-8-5-4-7(16-17-8)11(12,13)14/h4-6,9H,1-3H3,(H,15,17). The molecule has 0 aromatic carbocycles. The van der Waals surface area contributed by atoms with Crippen LogP contribution in [0.2, 0.25) is 0 Å². The smallest absolute Gasteiger partial charge is 0.435 e. The topological polar surface area (TPSA) is 64.1 Å². The Hall–Kier alpha value is -1.86. The number of esters is 1. The molecule has 1 heterocycles. The predicted octanol–water partition coefficient (Wildman–Crippen LogP) is 2.10. The first-order chi connectivity index (χ1) is 8.75. The number of hydrogen-bond donors (Lipinski definition) is 1. The van der Waals surface area contributed by atoms with Crippen LogP contribution >= 0.6 is 0 Å². The molecule has 0 spiro atoms. The van der Waals surface area contributed by atoms with Gasteiger partial charge in [-0.25, -0.2) is 4.79 Å². The number of nitrogens with one attached hydrogen (secondary N) is 1. The zero-order valence-corrected chi connectivity index (χ0v) is 10.7. The second-order valence-electron chi connectivity index (χ2n) is 4.19. The number of anilines is 1. The monoisotopic (exact) mass is 277 g/mol. The molecular weight excluding hydrogens is 263 g/mol. The Kier molecular flexibility index (Phi) is 4.68. The molecule has 1 rings (SSSR count). The third-order valence-electron chi connectivity index (χ3n) is 2.38. The number of carbonyl (C=O) groups excluding carboxylic acids is 1. The molecule has 1 atom stereocenters. The van der Waals surface area contributed by atoms with Gasteiger partial charge in [0, 0.05) is 0 Å². The van der Waals surface area contributed by atoms with Crippen molar-refractivity contribution in [2.75, 3.05) is 12.4 Å². The summed E-state index contributed by atoms with van der Waals surface area (Å²) in [4.78, 5) is 11.5. The molecule has 0 saturated heterocycles. The van der Waals surface area contributed by atoms with Crippen molar-refractivity contribution in [2.45, 2.75) is 26.1 Å². The van der Waals surface area contributed by atoms with Gasteiger partial charge in [-0.15, -0.1) is 10.2 Å². The minimum absolute atomic E-state index is 0.0806. The zero-order valence-electron chi connectivity index (χ0n) is 10.7. The van der Waals surface area contributed by atoms with Crippen molar-refractivity contribution in [1.29, 1.82) is 0 Å². The third-order valence-corrected chi connectivity index (χ3v) is 2.38. The fraction of sp³-hybridized carbons (Fsp3) is 0.545. The summed E-state index contributed by atoms with van der Waals surface area (Å²) in [5.41, 5.74) is -1.09. The summed E-state index contributed by atoms with van der Waals surface area (Å²) in [6.07, 6.45) is -4.54. The van der Waals surface area contributed by atoms with Crippen LogP contribution in [-0.2, 0) is 15.7 Å². The van der Waals surface area contributed by atoms with E-state index >= 15 is 0 Å². The van der Waals surface area contributed by atoms with Gasteiger partial charge in [-0.1, -0.05) is 13.8 Å². The summed E-state index contributed by atoms with van der Waals surface area (Å²) in [6, 6.07) is 1.22. The molecule has 0 aliphatic rings. The number of aromatic nitrogens is 2. The molecule has 1 aromatic heterocycles. The lowest BCUT2D eigenvalue weighted by Crippen LogP contribution is -2.35. The van der Waals surface area contributed by atoms with Gasteiger partial charge in [0.05, 0.1) is 7.11 Å². The minimum Gasteiger partial charge on any atom is -0.467 e. The molecule has 1 N–H and O–H groups in total. The predicted molar refractivity (Wildman–Crippen MR) is 61.3 cm³/mol. The molecule has 0 aliphatic heterocycles. The van der Waals surface area contributed by atoms with Crippen LogP contribution in [0.1, 0.15) is 19.5 Å². The van der Waals surface area contributed by atoms with Crippen molar-refractivity contribution in [3.8, 4) is 0 Å². The fourth-order valence-corrected chi connectivity index (χ4v) is 1.34. The van der Waals surface area contributed by atoms with Crippen LogP contribution in [0.4, 0.5) is 19.0 Å². The van der Waals surface area contributed by atoms with Gasteiger partial charge in [-0.05, 0) is 18.1 Å². The van der Waals surface area contributed by atoms with Crippen LogP contribution in [0.3, 0.4) is 0 Å². The summed E-state index contributed by atoms with van der Waals surface area (Å²) >= 11 is 0. The maximum atomic E-state index is 12.3. The Balaban J connectivity index is 2.84. The van der Waals surface area contributed by atoms with Gasteiger partial charge in [0.15, 0.2) is 5.69 Å². The van der Waals surface area contributed by atoms with Crippen LogP contribution < -0.4 is 5.32 Å². The number of alkyl halides is 3. The fourth-order valence-electron chi connectivity index (χ4n) is 1.34. The Morgan fingerprint density at radius 3 is 2.32 bits per heavy atom. The lowest BCUT2D eigenvalue weighted by Gasteiger charge is -2.20. The maximum Gasteiger partial charge on any atom is 0.435 e.